The minimum Gasteiger partial charge on any atom is -0.354 e. The molecule has 2 aromatic rings. The third-order valence-corrected chi connectivity index (χ3v) is 3.99. The Morgan fingerprint density at radius 3 is 2.57 bits per heavy atom. The van der Waals surface area contributed by atoms with E-state index in [0.717, 1.165) is 24.2 Å². The second kappa shape index (κ2) is 6.93. The monoisotopic (exact) mass is 306 g/mol. The van der Waals surface area contributed by atoms with E-state index in [2.05, 4.69) is 21.7 Å². The fraction of sp³-hybridized carbons (Fsp3) is 0.278. The first-order valence-electron chi connectivity index (χ1n) is 7.78. The van der Waals surface area contributed by atoms with Crippen molar-refractivity contribution in [3.8, 4) is 6.07 Å². The first-order valence-corrected chi connectivity index (χ1v) is 7.78. The van der Waals surface area contributed by atoms with Crippen molar-refractivity contribution in [3.05, 3.63) is 53.9 Å². The molecule has 0 saturated heterocycles. The second-order valence-electron chi connectivity index (χ2n) is 5.73. The van der Waals surface area contributed by atoms with Crippen LogP contribution in [0.2, 0.25) is 0 Å². The number of aromatic nitrogens is 1. The maximum atomic E-state index is 12.3. The molecule has 1 aliphatic rings. The Morgan fingerprint density at radius 1 is 1.13 bits per heavy atom. The average Bonchev–Trinajstić information content (AvgIpc) is 3.09. The third kappa shape index (κ3) is 3.86. The predicted molar refractivity (Wildman–Crippen MR) is 88.4 cm³/mol. The molecule has 1 aliphatic carbocycles. The number of carbonyl (C=O) groups is 1. The summed E-state index contributed by atoms with van der Waals surface area (Å²) in [6.07, 6.45) is 7.73. The van der Waals surface area contributed by atoms with Gasteiger partial charge in [-0.15, -0.1) is 0 Å². The summed E-state index contributed by atoms with van der Waals surface area (Å²) in [6.45, 7) is 0. The first kappa shape index (κ1) is 15.0. The van der Waals surface area contributed by atoms with Crippen molar-refractivity contribution in [1.82, 2.24) is 10.3 Å². The van der Waals surface area contributed by atoms with Gasteiger partial charge >= 0.3 is 0 Å². The van der Waals surface area contributed by atoms with Crippen LogP contribution in [0.3, 0.4) is 0 Å². The standard InChI is InChI=1S/C18H18N4O/c19-10-13-5-7-16(8-6-13)21-17-9-14(11-20-12-17)18(23)22-15-3-1-2-4-15/h5-9,11-12,15,21H,1-4H2,(H,22,23). The van der Waals surface area contributed by atoms with Gasteiger partial charge in [0.15, 0.2) is 0 Å². The number of pyridine rings is 1. The molecule has 0 aliphatic heterocycles. The molecule has 2 N–H and O–H groups in total. The van der Waals surface area contributed by atoms with Gasteiger partial charge in [0, 0.05) is 17.9 Å². The summed E-state index contributed by atoms with van der Waals surface area (Å²) in [6, 6.07) is 11.3. The molecule has 1 saturated carbocycles. The topological polar surface area (TPSA) is 77.8 Å². The average molecular weight is 306 g/mol. The normalized spacial score (nSPS) is 14.2. The number of hydrogen-bond acceptors (Lipinski definition) is 4. The maximum Gasteiger partial charge on any atom is 0.253 e. The van der Waals surface area contributed by atoms with Crippen molar-refractivity contribution in [1.29, 1.82) is 5.26 Å². The molecule has 1 heterocycles. The molecule has 1 aromatic carbocycles. The van der Waals surface area contributed by atoms with Gasteiger partial charge < -0.3 is 10.6 Å². The van der Waals surface area contributed by atoms with E-state index < -0.39 is 0 Å². The van der Waals surface area contributed by atoms with Crippen molar-refractivity contribution < 1.29 is 4.79 Å². The van der Waals surface area contributed by atoms with Crippen LogP contribution in [0.1, 0.15) is 41.6 Å². The van der Waals surface area contributed by atoms with E-state index >= 15 is 0 Å². The van der Waals surface area contributed by atoms with Crippen molar-refractivity contribution in [3.63, 3.8) is 0 Å². The summed E-state index contributed by atoms with van der Waals surface area (Å²) in [7, 11) is 0. The molecule has 0 radical (unpaired) electrons. The molecule has 5 heteroatoms. The number of hydrogen-bond donors (Lipinski definition) is 2. The van der Waals surface area contributed by atoms with Crippen LogP contribution in [-0.2, 0) is 0 Å². The summed E-state index contributed by atoms with van der Waals surface area (Å²) in [5, 5.41) is 15.1. The number of nitrogens with zero attached hydrogens (tertiary/aromatic N) is 2. The highest BCUT2D eigenvalue weighted by atomic mass is 16.1. The largest absolute Gasteiger partial charge is 0.354 e. The lowest BCUT2D eigenvalue weighted by Crippen LogP contribution is -2.32. The van der Waals surface area contributed by atoms with Crippen molar-refractivity contribution in [2.24, 2.45) is 0 Å². The second-order valence-corrected chi connectivity index (χ2v) is 5.73. The summed E-state index contributed by atoms with van der Waals surface area (Å²) in [4.78, 5) is 16.4. The molecule has 5 nitrogen and oxygen atoms in total. The Labute approximate surface area is 135 Å². The molecule has 23 heavy (non-hydrogen) atoms. The molecule has 0 bridgehead atoms. The van der Waals surface area contributed by atoms with Gasteiger partial charge in [-0.25, -0.2) is 0 Å². The van der Waals surface area contributed by atoms with Crippen LogP contribution in [0.25, 0.3) is 0 Å². The number of nitriles is 1. The molecule has 3 rings (SSSR count). The molecule has 1 amide bonds. The lowest BCUT2D eigenvalue weighted by molar-refractivity contribution is 0.0937. The van der Waals surface area contributed by atoms with Crippen LogP contribution >= 0.6 is 0 Å². The lowest BCUT2D eigenvalue weighted by Gasteiger charge is -2.12. The quantitative estimate of drug-likeness (QED) is 0.908. The number of amides is 1. The zero-order chi connectivity index (χ0) is 16.1. The summed E-state index contributed by atoms with van der Waals surface area (Å²) in [5.74, 6) is -0.0760. The molecule has 1 fully saturated rings. The first-order chi connectivity index (χ1) is 11.2. The van der Waals surface area contributed by atoms with Gasteiger partial charge in [-0.05, 0) is 43.2 Å². The number of benzene rings is 1. The minimum absolute atomic E-state index is 0.0760. The van der Waals surface area contributed by atoms with Gasteiger partial charge in [-0.1, -0.05) is 12.8 Å². The van der Waals surface area contributed by atoms with Gasteiger partial charge in [-0.3, -0.25) is 9.78 Å². The molecular weight excluding hydrogens is 288 g/mol. The number of rotatable bonds is 4. The Kier molecular flexibility index (Phi) is 4.53. The fourth-order valence-corrected chi connectivity index (χ4v) is 2.77. The maximum absolute atomic E-state index is 12.3. The van der Waals surface area contributed by atoms with E-state index in [4.69, 9.17) is 5.26 Å². The van der Waals surface area contributed by atoms with Gasteiger partial charge in [0.05, 0.1) is 29.1 Å². The number of nitrogens with one attached hydrogen (secondary N) is 2. The fourth-order valence-electron chi connectivity index (χ4n) is 2.77. The van der Waals surface area contributed by atoms with Crippen molar-refractivity contribution in [2.75, 3.05) is 5.32 Å². The van der Waals surface area contributed by atoms with E-state index in [1.807, 2.05) is 12.1 Å². The van der Waals surface area contributed by atoms with Crippen molar-refractivity contribution in [2.45, 2.75) is 31.7 Å². The van der Waals surface area contributed by atoms with Gasteiger partial charge in [0.2, 0.25) is 0 Å². The molecular formula is C18H18N4O. The van der Waals surface area contributed by atoms with Gasteiger partial charge in [-0.2, -0.15) is 5.26 Å². The summed E-state index contributed by atoms with van der Waals surface area (Å²) >= 11 is 0. The zero-order valence-corrected chi connectivity index (χ0v) is 12.7. The van der Waals surface area contributed by atoms with Crippen LogP contribution in [0.4, 0.5) is 11.4 Å². The Morgan fingerprint density at radius 2 is 1.87 bits per heavy atom. The van der Waals surface area contributed by atoms with Crippen LogP contribution in [-0.4, -0.2) is 16.9 Å². The van der Waals surface area contributed by atoms with E-state index in [1.54, 1.807) is 30.6 Å². The highest BCUT2D eigenvalue weighted by molar-refractivity contribution is 5.95. The molecule has 1 aromatic heterocycles. The smallest absolute Gasteiger partial charge is 0.253 e. The third-order valence-electron chi connectivity index (χ3n) is 3.99. The van der Waals surface area contributed by atoms with Crippen LogP contribution in [0, 0.1) is 11.3 Å². The van der Waals surface area contributed by atoms with E-state index in [1.165, 1.54) is 12.8 Å². The van der Waals surface area contributed by atoms with Gasteiger partial charge in [0.25, 0.3) is 5.91 Å². The Balaban J connectivity index is 1.68. The SMILES string of the molecule is N#Cc1ccc(Nc2cncc(C(=O)NC3CCCC3)c2)cc1. The highest BCUT2D eigenvalue weighted by Gasteiger charge is 2.18. The lowest BCUT2D eigenvalue weighted by atomic mass is 10.2. The number of anilines is 2. The zero-order valence-electron chi connectivity index (χ0n) is 12.7. The molecule has 0 spiro atoms. The summed E-state index contributed by atoms with van der Waals surface area (Å²) < 4.78 is 0. The minimum atomic E-state index is -0.0760. The molecule has 0 atom stereocenters. The Bertz CT molecular complexity index is 727. The molecule has 116 valence electrons. The van der Waals surface area contributed by atoms with Crippen molar-refractivity contribution >= 4 is 17.3 Å². The highest BCUT2D eigenvalue weighted by Crippen LogP contribution is 2.20. The van der Waals surface area contributed by atoms with E-state index in [-0.39, 0.29) is 11.9 Å². The van der Waals surface area contributed by atoms with E-state index in [0.29, 0.717) is 11.1 Å². The summed E-state index contributed by atoms with van der Waals surface area (Å²) in [5.41, 5.74) is 2.75. The van der Waals surface area contributed by atoms with Gasteiger partial charge in [0.1, 0.15) is 0 Å². The predicted octanol–water partition coefficient (Wildman–Crippen LogP) is 3.37. The molecule has 0 unspecified atom stereocenters. The number of carbonyl (C=O) groups excluding carboxylic acids is 1. The van der Waals surface area contributed by atoms with E-state index in [9.17, 15) is 4.79 Å². The van der Waals surface area contributed by atoms with Crippen LogP contribution < -0.4 is 10.6 Å². The van der Waals surface area contributed by atoms with Crippen LogP contribution in [0.15, 0.2) is 42.7 Å². The Hall–Kier alpha value is -2.87. The van der Waals surface area contributed by atoms with Crippen LogP contribution in [0.5, 0.6) is 0 Å².